The maximum atomic E-state index is 13.3. The lowest BCUT2D eigenvalue weighted by atomic mass is 10.0. The number of ketones is 1. The van der Waals surface area contributed by atoms with Crippen LogP contribution < -0.4 is 0 Å². The quantitative estimate of drug-likeness (QED) is 0.675. The van der Waals surface area contributed by atoms with Crippen molar-refractivity contribution in [1.29, 1.82) is 0 Å². The Morgan fingerprint density at radius 3 is 2.81 bits per heavy atom. The molecule has 0 aliphatic carbocycles. The first-order valence-corrected chi connectivity index (χ1v) is 7.50. The van der Waals surface area contributed by atoms with Crippen molar-refractivity contribution in [3.63, 3.8) is 0 Å². The molecular weight excluding hydrogens is 333 g/mol. The Kier molecular flexibility index (Phi) is 3.64. The SMILES string of the molecule is CCc1cccc2c(C(=O)c3ccc(F)c(Br)c3)c[nH]c12. The monoisotopic (exact) mass is 345 g/mol. The van der Waals surface area contributed by atoms with Crippen LogP contribution in [-0.2, 0) is 6.42 Å². The highest BCUT2D eigenvalue weighted by Gasteiger charge is 2.16. The van der Waals surface area contributed by atoms with Gasteiger partial charge in [-0.1, -0.05) is 25.1 Å². The first-order chi connectivity index (χ1) is 10.1. The Bertz CT molecular complexity index is 838. The van der Waals surface area contributed by atoms with Gasteiger partial charge in [-0.15, -0.1) is 0 Å². The fraction of sp³-hybridized carbons (Fsp3) is 0.118. The van der Waals surface area contributed by atoms with Crippen LogP contribution in [0.5, 0.6) is 0 Å². The molecule has 0 unspecified atom stereocenters. The van der Waals surface area contributed by atoms with E-state index in [1.54, 1.807) is 6.20 Å². The van der Waals surface area contributed by atoms with Crippen LogP contribution in [0.25, 0.3) is 10.9 Å². The summed E-state index contributed by atoms with van der Waals surface area (Å²) in [4.78, 5) is 15.8. The highest BCUT2D eigenvalue weighted by atomic mass is 79.9. The summed E-state index contributed by atoms with van der Waals surface area (Å²) in [5.41, 5.74) is 3.24. The molecule has 21 heavy (non-hydrogen) atoms. The predicted molar refractivity (Wildman–Crippen MR) is 85.2 cm³/mol. The Labute approximate surface area is 130 Å². The van der Waals surface area contributed by atoms with E-state index in [4.69, 9.17) is 0 Å². The van der Waals surface area contributed by atoms with Crippen LogP contribution in [0.4, 0.5) is 4.39 Å². The van der Waals surface area contributed by atoms with Gasteiger partial charge in [-0.3, -0.25) is 4.79 Å². The summed E-state index contributed by atoms with van der Waals surface area (Å²) in [7, 11) is 0. The van der Waals surface area contributed by atoms with Crippen LogP contribution in [0, 0.1) is 5.82 Å². The van der Waals surface area contributed by atoms with Crippen molar-refractivity contribution in [2.24, 2.45) is 0 Å². The molecule has 2 aromatic carbocycles. The van der Waals surface area contributed by atoms with Gasteiger partial charge in [-0.2, -0.15) is 0 Å². The third-order valence-electron chi connectivity index (χ3n) is 3.61. The van der Waals surface area contributed by atoms with Crippen molar-refractivity contribution in [3.8, 4) is 0 Å². The number of nitrogens with one attached hydrogen (secondary N) is 1. The van der Waals surface area contributed by atoms with Gasteiger partial charge in [0.15, 0.2) is 5.78 Å². The Morgan fingerprint density at radius 2 is 2.10 bits per heavy atom. The molecule has 1 N–H and O–H groups in total. The van der Waals surface area contributed by atoms with Crippen LogP contribution in [-0.4, -0.2) is 10.8 Å². The molecule has 0 amide bonds. The van der Waals surface area contributed by atoms with Gasteiger partial charge in [-0.05, 0) is 46.1 Å². The van der Waals surface area contributed by atoms with Crippen molar-refractivity contribution in [3.05, 3.63) is 69.6 Å². The molecule has 1 heterocycles. The number of rotatable bonds is 3. The number of H-pyrrole nitrogens is 1. The second-order valence-electron chi connectivity index (χ2n) is 4.85. The molecule has 3 aromatic rings. The Hall–Kier alpha value is -1.94. The van der Waals surface area contributed by atoms with E-state index in [0.29, 0.717) is 15.6 Å². The molecule has 1 aromatic heterocycles. The molecular formula is C17H13BrFNO. The highest BCUT2D eigenvalue weighted by Crippen LogP contribution is 2.25. The molecule has 4 heteroatoms. The van der Waals surface area contributed by atoms with Crippen LogP contribution in [0.3, 0.4) is 0 Å². The van der Waals surface area contributed by atoms with E-state index < -0.39 is 0 Å². The number of halogens is 2. The fourth-order valence-electron chi connectivity index (χ4n) is 2.49. The van der Waals surface area contributed by atoms with Gasteiger partial charge in [0, 0.05) is 28.2 Å². The summed E-state index contributed by atoms with van der Waals surface area (Å²) in [5, 5.41) is 0.903. The van der Waals surface area contributed by atoms with Crippen LogP contribution >= 0.6 is 15.9 Å². The van der Waals surface area contributed by atoms with E-state index in [1.165, 1.54) is 23.8 Å². The number of fused-ring (bicyclic) bond motifs is 1. The molecule has 0 spiro atoms. The normalized spacial score (nSPS) is 11.0. The Morgan fingerprint density at radius 1 is 1.29 bits per heavy atom. The molecule has 0 aliphatic heterocycles. The van der Waals surface area contributed by atoms with Gasteiger partial charge in [-0.25, -0.2) is 4.39 Å². The van der Waals surface area contributed by atoms with Crippen molar-refractivity contribution < 1.29 is 9.18 Å². The zero-order chi connectivity index (χ0) is 15.0. The van der Waals surface area contributed by atoms with E-state index in [-0.39, 0.29) is 11.6 Å². The minimum Gasteiger partial charge on any atom is -0.360 e. The molecule has 0 fully saturated rings. The van der Waals surface area contributed by atoms with Gasteiger partial charge in [0.05, 0.1) is 4.47 Å². The number of hydrogen-bond donors (Lipinski definition) is 1. The topological polar surface area (TPSA) is 32.9 Å². The smallest absolute Gasteiger partial charge is 0.195 e. The lowest BCUT2D eigenvalue weighted by molar-refractivity contribution is 0.104. The molecule has 0 radical (unpaired) electrons. The number of hydrogen-bond acceptors (Lipinski definition) is 1. The molecule has 0 saturated carbocycles. The zero-order valence-electron chi connectivity index (χ0n) is 11.4. The van der Waals surface area contributed by atoms with Gasteiger partial charge < -0.3 is 4.98 Å². The number of benzene rings is 2. The molecule has 0 aliphatic rings. The standard InChI is InChI=1S/C17H13BrFNO/c1-2-10-4-3-5-12-13(9-20-16(10)12)17(21)11-6-7-15(19)14(18)8-11/h3-9,20H,2H2,1H3. The van der Waals surface area contributed by atoms with Gasteiger partial charge in [0.25, 0.3) is 0 Å². The van der Waals surface area contributed by atoms with Crippen LogP contribution in [0.2, 0.25) is 0 Å². The highest BCUT2D eigenvalue weighted by molar-refractivity contribution is 9.10. The third kappa shape index (κ3) is 2.40. The molecule has 0 saturated heterocycles. The fourth-order valence-corrected chi connectivity index (χ4v) is 2.87. The summed E-state index contributed by atoms with van der Waals surface area (Å²) in [6.45, 7) is 2.08. The van der Waals surface area contributed by atoms with E-state index in [0.717, 1.165) is 17.3 Å². The summed E-state index contributed by atoms with van der Waals surface area (Å²) in [6, 6.07) is 10.2. The van der Waals surface area contributed by atoms with Gasteiger partial charge in [0.2, 0.25) is 0 Å². The first-order valence-electron chi connectivity index (χ1n) is 6.70. The van der Waals surface area contributed by atoms with Crippen LogP contribution in [0.1, 0.15) is 28.4 Å². The predicted octanol–water partition coefficient (Wildman–Crippen LogP) is 4.86. The van der Waals surface area contributed by atoms with Crippen molar-refractivity contribution in [2.75, 3.05) is 0 Å². The summed E-state index contributed by atoms with van der Waals surface area (Å²) in [6.07, 6.45) is 2.62. The second-order valence-corrected chi connectivity index (χ2v) is 5.71. The molecule has 0 bridgehead atoms. The van der Waals surface area contributed by atoms with Gasteiger partial charge >= 0.3 is 0 Å². The number of carbonyl (C=O) groups is 1. The van der Waals surface area contributed by atoms with Crippen molar-refractivity contribution >= 4 is 32.6 Å². The number of aryl methyl sites for hydroxylation is 1. The maximum absolute atomic E-state index is 13.3. The first kappa shape index (κ1) is 14.0. The van der Waals surface area contributed by atoms with Gasteiger partial charge in [0.1, 0.15) is 5.82 Å². The summed E-state index contributed by atoms with van der Waals surface area (Å²) >= 11 is 3.12. The van der Waals surface area contributed by atoms with E-state index >= 15 is 0 Å². The third-order valence-corrected chi connectivity index (χ3v) is 4.22. The Balaban J connectivity index is 2.11. The van der Waals surface area contributed by atoms with E-state index in [1.807, 2.05) is 18.2 Å². The summed E-state index contributed by atoms with van der Waals surface area (Å²) < 4.78 is 13.6. The van der Waals surface area contributed by atoms with Crippen molar-refractivity contribution in [1.82, 2.24) is 4.98 Å². The maximum Gasteiger partial charge on any atom is 0.195 e. The number of para-hydroxylation sites is 1. The number of aromatic amines is 1. The largest absolute Gasteiger partial charge is 0.360 e. The molecule has 0 atom stereocenters. The summed E-state index contributed by atoms with van der Waals surface area (Å²) in [5.74, 6) is -0.492. The number of aromatic nitrogens is 1. The van der Waals surface area contributed by atoms with E-state index in [9.17, 15) is 9.18 Å². The molecule has 2 nitrogen and oxygen atoms in total. The lowest BCUT2D eigenvalue weighted by Gasteiger charge is -2.03. The lowest BCUT2D eigenvalue weighted by Crippen LogP contribution is -2.01. The van der Waals surface area contributed by atoms with Crippen LogP contribution in [0.15, 0.2) is 47.1 Å². The van der Waals surface area contributed by atoms with E-state index in [2.05, 4.69) is 27.8 Å². The second kappa shape index (κ2) is 5.45. The zero-order valence-corrected chi connectivity index (χ0v) is 13.0. The minimum absolute atomic E-state index is 0.116. The number of carbonyl (C=O) groups excluding carboxylic acids is 1. The molecule has 3 rings (SSSR count). The average Bonchev–Trinajstić information content (AvgIpc) is 2.93. The molecule has 106 valence electrons. The van der Waals surface area contributed by atoms with Crippen molar-refractivity contribution in [2.45, 2.75) is 13.3 Å². The average molecular weight is 346 g/mol. The minimum atomic E-state index is -0.376.